The quantitative estimate of drug-likeness (QED) is 0.466. The topological polar surface area (TPSA) is 118 Å². The van der Waals surface area contributed by atoms with Gasteiger partial charge in [0.2, 0.25) is 5.91 Å². The van der Waals surface area contributed by atoms with Crippen LogP contribution in [-0.2, 0) is 9.59 Å². The molecule has 0 spiro atoms. The fourth-order valence-corrected chi connectivity index (χ4v) is 9.17. The number of rotatable bonds is 6. The number of hydrogen-bond acceptors (Lipinski definition) is 5. The Labute approximate surface area is 203 Å². The molecule has 0 aliphatic heterocycles. The molecule has 4 saturated carbocycles. The van der Waals surface area contributed by atoms with Crippen LogP contribution in [0.4, 0.5) is 0 Å². The molecule has 1 unspecified atom stereocenters. The molecule has 34 heavy (non-hydrogen) atoms. The number of carboxylic acids is 1. The number of amides is 1. The molecule has 4 fully saturated rings. The van der Waals surface area contributed by atoms with E-state index in [-0.39, 0.29) is 65.1 Å². The number of aliphatic hydroxyl groups excluding tert-OH is 3. The molecule has 4 rings (SSSR count). The summed E-state index contributed by atoms with van der Waals surface area (Å²) >= 11 is 0. The largest absolute Gasteiger partial charge is 0.480 e. The summed E-state index contributed by atoms with van der Waals surface area (Å²) in [5.74, 6) is 0.387. The maximum Gasteiger partial charge on any atom is 0.323 e. The minimum Gasteiger partial charge on any atom is -0.480 e. The Kier molecular flexibility index (Phi) is 7.13. The summed E-state index contributed by atoms with van der Waals surface area (Å²) in [7, 11) is 1.53. The highest BCUT2D eigenvalue weighted by molar-refractivity contribution is 5.80. The number of aliphatic hydroxyl groups is 3. The number of carbonyl (C=O) groups excluding carboxylic acids is 1. The Balaban J connectivity index is 1.49. The summed E-state index contributed by atoms with van der Waals surface area (Å²) in [5, 5.41) is 42.2. The highest BCUT2D eigenvalue weighted by Gasteiger charge is 2.65. The summed E-state index contributed by atoms with van der Waals surface area (Å²) in [6, 6.07) is 0. The highest BCUT2D eigenvalue weighted by atomic mass is 16.4. The van der Waals surface area contributed by atoms with Crippen LogP contribution in [0.25, 0.3) is 0 Å². The van der Waals surface area contributed by atoms with E-state index >= 15 is 0 Å². The first-order valence-electron chi connectivity index (χ1n) is 13.4. The van der Waals surface area contributed by atoms with Crippen LogP contribution in [-0.4, -0.2) is 69.1 Å². The molecule has 0 aromatic carbocycles. The number of likely N-dealkylation sites (N-methyl/N-ethyl adjacent to an activating group) is 1. The van der Waals surface area contributed by atoms with Crippen molar-refractivity contribution in [3.8, 4) is 0 Å². The number of hydrogen-bond donors (Lipinski definition) is 4. The van der Waals surface area contributed by atoms with E-state index in [2.05, 4.69) is 20.8 Å². The van der Waals surface area contributed by atoms with Gasteiger partial charge >= 0.3 is 5.97 Å². The summed E-state index contributed by atoms with van der Waals surface area (Å²) in [4.78, 5) is 24.6. The van der Waals surface area contributed by atoms with Crippen molar-refractivity contribution in [1.29, 1.82) is 0 Å². The Morgan fingerprint density at radius 3 is 2.41 bits per heavy atom. The lowest BCUT2D eigenvalue weighted by Gasteiger charge is -2.63. The first kappa shape index (κ1) is 25.9. The molecule has 4 aliphatic carbocycles. The van der Waals surface area contributed by atoms with Crippen LogP contribution in [0.3, 0.4) is 0 Å². The molecule has 11 atom stereocenters. The summed E-state index contributed by atoms with van der Waals surface area (Å²) < 4.78 is 0. The molecule has 0 heterocycles. The third-order valence-corrected chi connectivity index (χ3v) is 11.1. The molecule has 0 saturated heterocycles. The Morgan fingerprint density at radius 1 is 1.03 bits per heavy atom. The van der Waals surface area contributed by atoms with Crippen LogP contribution in [0.1, 0.15) is 78.6 Å². The van der Waals surface area contributed by atoms with Gasteiger partial charge in [0.15, 0.2) is 0 Å². The van der Waals surface area contributed by atoms with Crippen LogP contribution in [0.15, 0.2) is 0 Å². The lowest BCUT2D eigenvalue weighted by Crippen LogP contribution is -2.62. The molecule has 0 radical (unpaired) electrons. The lowest BCUT2D eigenvalue weighted by molar-refractivity contribution is -0.207. The van der Waals surface area contributed by atoms with Gasteiger partial charge in [0.05, 0.1) is 18.3 Å². The molecule has 7 nitrogen and oxygen atoms in total. The van der Waals surface area contributed by atoms with E-state index in [9.17, 15) is 24.9 Å². The van der Waals surface area contributed by atoms with Gasteiger partial charge in [-0.25, -0.2) is 0 Å². The fourth-order valence-electron chi connectivity index (χ4n) is 9.17. The van der Waals surface area contributed by atoms with E-state index in [1.165, 1.54) is 11.9 Å². The van der Waals surface area contributed by atoms with Crippen molar-refractivity contribution >= 4 is 11.9 Å². The van der Waals surface area contributed by atoms with E-state index in [1.807, 2.05) is 0 Å². The van der Waals surface area contributed by atoms with Gasteiger partial charge in [-0.3, -0.25) is 9.59 Å². The molecule has 0 bridgehead atoms. The monoisotopic (exact) mass is 478 g/mol. The normalized spacial score (nSPS) is 46.7. The number of nitrogens with zero attached hydrogens (tertiary/aromatic N) is 1. The first-order chi connectivity index (χ1) is 15.9. The Hall–Kier alpha value is -1.18. The van der Waals surface area contributed by atoms with Gasteiger partial charge < -0.3 is 25.3 Å². The zero-order valence-electron chi connectivity index (χ0n) is 21.3. The first-order valence-corrected chi connectivity index (χ1v) is 13.4. The van der Waals surface area contributed by atoms with Crippen LogP contribution in [0.2, 0.25) is 0 Å². The zero-order valence-corrected chi connectivity index (χ0v) is 21.3. The van der Waals surface area contributed by atoms with Crippen LogP contribution >= 0.6 is 0 Å². The van der Waals surface area contributed by atoms with Crippen molar-refractivity contribution in [2.45, 2.75) is 96.9 Å². The third-order valence-electron chi connectivity index (χ3n) is 11.1. The zero-order chi connectivity index (χ0) is 25.0. The molecule has 194 valence electrons. The minimum absolute atomic E-state index is 0.0658. The summed E-state index contributed by atoms with van der Waals surface area (Å²) in [5.41, 5.74) is -0.217. The number of aliphatic carboxylic acids is 1. The molecule has 4 aliphatic rings. The number of carboxylic acid groups (broad SMARTS) is 1. The molecule has 7 heteroatoms. The number of carbonyl (C=O) groups is 2. The highest BCUT2D eigenvalue weighted by Crippen LogP contribution is 2.68. The van der Waals surface area contributed by atoms with E-state index in [4.69, 9.17) is 5.11 Å². The van der Waals surface area contributed by atoms with Gasteiger partial charge in [-0.05, 0) is 97.7 Å². The van der Waals surface area contributed by atoms with Crippen molar-refractivity contribution < 1.29 is 30.0 Å². The second-order valence-corrected chi connectivity index (χ2v) is 12.7. The smallest absolute Gasteiger partial charge is 0.323 e. The average molecular weight is 479 g/mol. The van der Waals surface area contributed by atoms with Gasteiger partial charge in [0, 0.05) is 13.5 Å². The Morgan fingerprint density at radius 2 is 1.74 bits per heavy atom. The summed E-state index contributed by atoms with van der Waals surface area (Å²) in [6.45, 7) is 6.44. The lowest BCUT2D eigenvalue weighted by atomic mass is 9.43. The predicted octanol–water partition coefficient (Wildman–Crippen LogP) is 2.91. The van der Waals surface area contributed by atoms with Crippen molar-refractivity contribution in [3.63, 3.8) is 0 Å². The van der Waals surface area contributed by atoms with Gasteiger partial charge in [0.1, 0.15) is 6.54 Å². The SMILES string of the molecule is CC(CCC(=O)N([11CH3])CC(=O)O)[C@H]1CC[C@H]2[C@@H]3[C@H](O)C[C@H]4C[C@H](O)CC[C@]4(C)[C@H]3C[C@H](O)[C@]12C. The predicted molar refractivity (Wildman–Crippen MR) is 128 cm³/mol. The van der Waals surface area contributed by atoms with Crippen LogP contribution < -0.4 is 0 Å². The van der Waals surface area contributed by atoms with Gasteiger partial charge in [-0.2, -0.15) is 0 Å². The molecular weight excluding hydrogens is 433 g/mol. The van der Waals surface area contributed by atoms with E-state index in [1.54, 1.807) is 0 Å². The average Bonchev–Trinajstić information content (AvgIpc) is 3.12. The molecule has 0 aromatic heterocycles. The maximum absolute atomic E-state index is 12.4. The second-order valence-electron chi connectivity index (χ2n) is 12.7. The standard InChI is InChI=1S/C27H45NO6/c1-15(5-8-23(32)28(4)14-24(33)34)18-6-7-19-25-20(13-22(31)27(18,19)3)26(2)10-9-17(29)11-16(26)12-21(25)30/h15-22,25,29-31H,5-14H2,1-4H3,(H,33,34)/t15?,16-,17-,18-,19+,20+,21-,22+,25+,26+,27-/m1/s1/i4-1. The molecule has 0 aromatic rings. The van der Waals surface area contributed by atoms with Gasteiger partial charge in [-0.1, -0.05) is 20.8 Å². The summed E-state index contributed by atoms with van der Waals surface area (Å²) in [6.07, 6.45) is 5.90. The van der Waals surface area contributed by atoms with Crippen molar-refractivity contribution in [3.05, 3.63) is 0 Å². The van der Waals surface area contributed by atoms with E-state index in [0.717, 1.165) is 38.5 Å². The maximum atomic E-state index is 12.4. The Bertz CT molecular complexity index is 789. The van der Waals surface area contributed by atoms with Crippen LogP contribution in [0.5, 0.6) is 0 Å². The van der Waals surface area contributed by atoms with Crippen molar-refractivity contribution in [2.75, 3.05) is 13.6 Å². The molecule has 1 amide bonds. The van der Waals surface area contributed by atoms with Crippen LogP contribution in [0, 0.1) is 46.3 Å². The third kappa shape index (κ3) is 4.20. The van der Waals surface area contributed by atoms with Gasteiger partial charge in [-0.15, -0.1) is 0 Å². The van der Waals surface area contributed by atoms with Crippen molar-refractivity contribution in [1.82, 2.24) is 4.90 Å². The molecular formula is C27H45NO6. The van der Waals surface area contributed by atoms with Gasteiger partial charge in [0.25, 0.3) is 0 Å². The number of fused-ring (bicyclic) bond motifs is 5. The molecule has 4 N–H and O–H groups in total. The minimum atomic E-state index is -1.01. The fraction of sp³-hybridized carbons (Fsp3) is 0.926. The van der Waals surface area contributed by atoms with Crippen molar-refractivity contribution in [2.24, 2.45) is 46.3 Å². The second kappa shape index (κ2) is 9.36. The van der Waals surface area contributed by atoms with E-state index in [0.29, 0.717) is 25.2 Å². The van der Waals surface area contributed by atoms with E-state index < -0.39 is 12.1 Å².